The van der Waals surface area contributed by atoms with E-state index in [0.29, 0.717) is 49.7 Å². The van der Waals surface area contributed by atoms with Crippen LogP contribution in [0.15, 0.2) is 72.8 Å². The van der Waals surface area contributed by atoms with Gasteiger partial charge in [0.25, 0.3) is 0 Å². The molecule has 0 spiro atoms. The number of ether oxygens (including phenoxy) is 1. The summed E-state index contributed by atoms with van der Waals surface area (Å²) < 4.78 is 6.45. The van der Waals surface area contributed by atoms with E-state index in [0.717, 1.165) is 33.4 Å². The van der Waals surface area contributed by atoms with Crippen molar-refractivity contribution in [3.63, 3.8) is 0 Å². The van der Waals surface area contributed by atoms with Crippen LogP contribution in [0.3, 0.4) is 0 Å². The zero-order valence-corrected chi connectivity index (χ0v) is 36.5. The summed E-state index contributed by atoms with van der Waals surface area (Å²) in [6, 6.07) is 23.1. The fourth-order valence-corrected chi connectivity index (χ4v) is 7.65. The van der Waals surface area contributed by atoms with Gasteiger partial charge >= 0.3 is 5.97 Å². The normalized spacial score (nSPS) is 13.7. The molecule has 6 heteroatoms. The summed E-state index contributed by atoms with van der Waals surface area (Å²) in [7, 11) is 0. The van der Waals surface area contributed by atoms with Crippen LogP contribution in [0.5, 0.6) is 23.0 Å². The Morgan fingerprint density at radius 1 is 0.456 bits per heavy atom. The maximum atomic E-state index is 14.0. The van der Waals surface area contributed by atoms with Crippen molar-refractivity contribution < 1.29 is 24.9 Å². The molecule has 5 nitrogen and oxygen atoms in total. The molecule has 1 aliphatic carbocycles. The number of halogens is 1. The fraction of sp³-hybridized carbons (Fsp3) is 0.392. The molecule has 8 bridgehead atoms. The SMILES string of the molecule is CC(C)(C)c1cc2c(O)c(c1)Cc1cc(C(C)(C)C)cc(c1O)Cc1cc(C(C)(C)C)cc(c1OC(=O)c1ccc(Cl)cc1)Cc1cc(C(C)(C)C)cc(c1O)C2. The van der Waals surface area contributed by atoms with Gasteiger partial charge in [0.1, 0.15) is 23.0 Å². The van der Waals surface area contributed by atoms with Crippen LogP contribution in [0.4, 0.5) is 0 Å². The van der Waals surface area contributed by atoms with Crippen molar-refractivity contribution in [1.29, 1.82) is 0 Å². The molecule has 0 aliphatic heterocycles. The third-order valence-corrected chi connectivity index (χ3v) is 11.6. The highest BCUT2D eigenvalue weighted by Gasteiger charge is 2.29. The summed E-state index contributed by atoms with van der Waals surface area (Å²) in [5.41, 5.74) is 9.18. The molecule has 0 heterocycles. The number of fused-ring (bicyclic) bond motifs is 8. The van der Waals surface area contributed by atoms with E-state index in [1.807, 2.05) is 12.1 Å². The molecule has 6 rings (SSSR count). The van der Waals surface area contributed by atoms with Crippen molar-refractivity contribution in [2.24, 2.45) is 0 Å². The molecule has 57 heavy (non-hydrogen) atoms. The highest BCUT2D eigenvalue weighted by Crippen LogP contribution is 2.43. The van der Waals surface area contributed by atoms with E-state index >= 15 is 0 Å². The van der Waals surface area contributed by atoms with Crippen LogP contribution in [-0.2, 0) is 47.3 Å². The summed E-state index contributed by atoms with van der Waals surface area (Å²) in [6.45, 7) is 25.8. The van der Waals surface area contributed by atoms with Crippen LogP contribution < -0.4 is 4.74 Å². The zero-order valence-electron chi connectivity index (χ0n) is 35.8. The first kappa shape index (κ1) is 41.9. The molecule has 5 aromatic rings. The monoisotopic (exact) mass is 786 g/mol. The van der Waals surface area contributed by atoms with E-state index in [1.165, 1.54) is 0 Å². The number of carbonyl (C=O) groups is 1. The van der Waals surface area contributed by atoms with Crippen molar-refractivity contribution in [2.45, 2.75) is 130 Å². The molecule has 0 fully saturated rings. The number of carbonyl (C=O) groups excluding carboxylic acids is 1. The smallest absolute Gasteiger partial charge is 0.343 e. The van der Waals surface area contributed by atoms with Crippen LogP contribution in [0.2, 0.25) is 5.02 Å². The van der Waals surface area contributed by atoms with Crippen LogP contribution in [0.25, 0.3) is 0 Å². The second kappa shape index (κ2) is 14.9. The lowest BCUT2D eigenvalue weighted by molar-refractivity contribution is 0.0731. The van der Waals surface area contributed by atoms with Crippen LogP contribution in [0, 0.1) is 0 Å². The number of esters is 1. The minimum atomic E-state index is -0.530. The first-order valence-electron chi connectivity index (χ1n) is 20.0. The minimum absolute atomic E-state index is 0.146. The van der Waals surface area contributed by atoms with Gasteiger partial charge in [0.2, 0.25) is 0 Å². The summed E-state index contributed by atoms with van der Waals surface area (Å²) >= 11 is 6.19. The number of phenolic OH excluding ortho intramolecular Hbond substituents is 3. The first-order chi connectivity index (χ1) is 26.3. The van der Waals surface area contributed by atoms with Gasteiger partial charge in [0.05, 0.1) is 5.56 Å². The third kappa shape index (κ3) is 9.05. The van der Waals surface area contributed by atoms with Crippen LogP contribution in [-0.4, -0.2) is 21.3 Å². The Labute approximate surface area is 344 Å². The van der Waals surface area contributed by atoms with Gasteiger partial charge in [-0.25, -0.2) is 4.79 Å². The number of hydrogen-bond acceptors (Lipinski definition) is 5. The van der Waals surface area contributed by atoms with Gasteiger partial charge in [-0.05, 0) is 102 Å². The molecule has 3 N–H and O–H groups in total. The van der Waals surface area contributed by atoms with Gasteiger partial charge in [0, 0.05) is 41.8 Å². The molecule has 300 valence electrons. The molecule has 0 unspecified atom stereocenters. The first-order valence-corrected chi connectivity index (χ1v) is 20.4. The quantitative estimate of drug-likeness (QED) is 0.120. The molecule has 1 aliphatic rings. The van der Waals surface area contributed by atoms with E-state index in [9.17, 15) is 20.1 Å². The van der Waals surface area contributed by atoms with Crippen molar-refractivity contribution in [3.8, 4) is 23.0 Å². The Kier molecular flexibility index (Phi) is 10.9. The summed E-state index contributed by atoms with van der Waals surface area (Å²) in [6.07, 6.45) is 1.11. The predicted octanol–water partition coefficient (Wildman–Crippen LogP) is 12.5. The van der Waals surface area contributed by atoms with E-state index in [-0.39, 0.29) is 64.6 Å². The lowest BCUT2D eigenvalue weighted by Crippen LogP contribution is -2.17. The molecule has 0 radical (unpaired) electrons. The van der Waals surface area contributed by atoms with Gasteiger partial charge in [-0.1, -0.05) is 143 Å². The van der Waals surface area contributed by atoms with Gasteiger partial charge < -0.3 is 20.1 Å². The van der Waals surface area contributed by atoms with E-state index in [2.05, 4.69) is 119 Å². The number of benzene rings is 5. The van der Waals surface area contributed by atoms with Crippen LogP contribution >= 0.6 is 11.6 Å². The van der Waals surface area contributed by atoms with Crippen molar-refractivity contribution >= 4 is 17.6 Å². The molecule has 0 saturated carbocycles. The number of rotatable bonds is 2. The number of phenols is 3. The van der Waals surface area contributed by atoms with Gasteiger partial charge in [-0.15, -0.1) is 0 Å². The number of aromatic hydroxyl groups is 3. The van der Waals surface area contributed by atoms with E-state index in [1.54, 1.807) is 24.3 Å². The number of hydrogen-bond donors (Lipinski definition) is 3. The average molecular weight is 787 g/mol. The second-order valence-corrected chi connectivity index (χ2v) is 20.6. The van der Waals surface area contributed by atoms with Gasteiger partial charge in [-0.3, -0.25) is 0 Å². The molecular formula is C51H59ClO5. The summed E-state index contributed by atoms with van der Waals surface area (Å²) in [5, 5.41) is 37.1. The zero-order chi connectivity index (χ0) is 42.0. The van der Waals surface area contributed by atoms with Crippen molar-refractivity contribution in [3.05, 3.63) is 150 Å². The van der Waals surface area contributed by atoms with Gasteiger partial charge in [0.15, 0.2) is 0 Å². The molecule has 0 saturated heterocycles. The van der Waals surface area contributed by atoms with E-state index in [4.69, 9.17) is 16.3 Å². The maximum absolute atomic E-state index is 14.0. The summed E-state index contributed by atoms with van der Waals surface area (Å²) in [5.74, 6) is 0.324. The lowest BCUT2D eigenvalue weighted by Gasteiger charge is -2.27. The second-order valence-electron chi connectivity index (χ2n) is 20.2. The highest BCUT2D eigenvalue weighted by atomic mass is 35.5. The van der Waals surface area contributed by atoms with E-state index < -0.39 is 5.97 Å². The Balaban J connectivity index is 1.72. The Morgan fingerprint density at radius 3 is 0.965 bits per heavy atom. The Morgan fingerprint density at radius 2 is 0.702 bits per heavy atom. The molecular weight excluding hydrogens is 728 g/mol. The van der Waals surface area contributed by atoms with Crippen LogP contribution in [0.1, 0.15) is 160 Å². The molecule has 0 aromatic heterocycles. The predicted molar refractivity (Wildman–Crippen MR) is 233 cm³/mol. The molecule has 0 atom stereocenters. The lowest BCUT2D eigenvalue weighted by atomic mass is 9.79. The summed E-state index contributed by atoms with van der Waals surface area (Å²) in [4.78, 5) is 14.0. The molecule has 5 aromatic carbocycles. The minimum Gasteiger partial charge on any atom is -0.507 e. The Bertz CT molecular complexity index is 2240. The fourth-order valence-electron chi connectivity index (χ4n) is 7.53. The maximum Gasteiger partial charge on any atom is 0.343 e. The topological polar surface area (TPSA) is 87.0 Å². The van der Waals surface area contributed by atoms with Gasteiger partial charge in [-0.2, -0.15) is 0 Å². The van der Waals surface area contributed by atoms with Crippen molar-refractivity contribution in [2.75, 3.05) is 0 Å². The van der Waals surface area contributed by atoms with Crippen molar-refractivity contribution in [1.82, 2.24) is 0 Å². The average Bonchev–Trinajstić information content (AvgIpc) is 3.08. The Hall–Kier alpha value is -4.74. The molecule has 0 amide bonds. The largest absolute Gasteiger partial charge is 0.507 e. The highest BCUT2D eigenvalue weighted by molar-refractivity contribution is 6.30. The standard InChI is InChI=1S/C51H59ClO5/c1-48(2,3)38-21-30-17-32-23-39(49(4,5)6)25-34(44(32)54)19-36-27-41(51(10,11)12)28-37(46(36)57-47(56)29-13-15-42(52)16-14-29)20-35-26-40(50(7,8)9)24-33(45(35)55)18-31(22-38)43(30)53/h13-16,21-28,53-55H,17-20H2,1-12H3. The third-order valence-electron chi connectivity index (χ3n) is 11.3.